The molecule has 0 amide bonds. The van der Waals surface area contributed by atoms with Crippen LogP contribution in [0.25, 0.3) is 10.9 Å². The van der Waals surface area contributed by atoms with E-state index in [1.54, 1.807) is 0 Å². The quantitative estimate of drug-likeness (QED) is 0.518. The Bertz CT molecular complexity index is 677. The molecule has 1 aliphatic carbocycles. The second kappa shape index (κ2) is 7.07. The first-order chi connectivity index (χ1) is 10.9. The zero-order chi connectivity index (χ0) is 15.2. The van der Waals surface area contributed by atoms with Gasteiger partial charge in [0.2, 0.25) is 0 Å². The van der Waals surface area contributed by atoms with Gasteiger partial charge < -0.3 is 10.6 Å². The Kier molecular flexibility index (Phi) is 4.68. The minimum Gasteiger partial charge on any atom is -0.357 e. The van der Waals surface area contributed by atoms with Crippen LogP contribution in [0.1, 0.15) is 25.3 Å². The van der Waals surface area contributed by atoms with Crippen LogP contribution in [0.3, 0.4) is 0 Å². The third-order valence-electron chi connectivity index (χ3n) is 3.82. The fraction of sp³-hybridized carbons (Fsp3) is 0.333. The maximum Gasteiger partial charge on any atom is 0.191 e. The average molecular weight is 294 g/mol. The molecule has 1 aromatic carbocycles. The van der Waals surface area contributed by atoms with Crippen molar-refractivity contribution >= 4 is 16.9 Å². The third kappa shape index (κ3) is 3.45. The Morgan fingerprint density at radius 3 is 2.86 bits per heavy atom. The smallest absolute Gasteiger partial charge is 0.191 e. The first-order valence-electron chi connectivity index (χ1n) is 7.89. The molecule has 114 valence electrons. The summed E-state index contributed by atoms with van der Waals surface area (Å²) < 4.78 is 0. The fourth-order valence-corrected chi connectivity index (χ4v) is 2.71. The van der Waals surface area contributed by atoms with E-state index in [2.05, 4.69) is 59.0 Å². The van der Waals surface area contributed by atoms with Gasteiger partial charge in [-0.2, -0.15) is 0 Å². The molecule has 0 saturated heterocycles. The molecular formula is C18H22N4. The van der Waals surface area contributed by atoms with Gasteiger partial charge in [-0.25, -0.2) is 4.99 Å². The molecule has 0 unspecified atom stereocenters. The van der Waals surface area contributed by atoms with Gasteiger partial charge in [-0.15, -0.1) is 0 Å². The van der Waals surface area contributed by atoms with E-state index in [1.165, 1.54) is 0 Å². The molecule has 1 heterocycles. The highest BCUT2D eigenvalue weighted by atomic mass is 15.2. The highest BCUT2D eigenvalue weighted by Crippen LogP contribution is 2.16. The summed E-state index contributed by atoms with van der Waals surface area (Å²) >= 11 is 0. The van der Waals surface area contributed by atoms with E-state index in [1.807, 2.05) is 12.3 Å². The summed E-state index contributed by atoms with van der Waals surface area (Å²) in [5, 5.41) is 7.97. The van der Waals surface area contributed by atoms with Crippen molar-refractivity contribution in [2.45, 2.75) is 32.4 Å². The van der Waals surface area contributed by atoms with Gasteiger partial charge in [0.1, 0.15) is 0 Å². The number of aliphatic imine (C=N–C) groups is 1. The summed E-state index contributed by atoms with van der Waals surface area (Å²) in [6.07, 6.45) is 8.41. The van der Waals surface area contributed by atoms with Crippen molar-refractivity contribution in [3.8, 4) is 0 Å². The van der Waals surface area contributed by atoms with Crippen LogP contribution in [0.4, 0.5) is 0 Å². The number of nitrogens with zero attached hydrogens (tertiary/aromatic N) is 2. The lowest BCUT2D eigenvalue weighted by Gasteiger charge is -2.16. The van der Waals surface area contributed by atoms with E-state index < -0.39 is 0 Å². The second-order valence-electron chi connectivity index (χ2n) is 5.47. The minimum absolute atomic E-state index is 0.462. The fourth-order valence-electron chi connectivity index (χ4n) is 2.71. The summed E-state index contributed by atoms with van der Waals surface area (Å²) in [7, 11) is 0. The molecule has 22 heavy (non-hydrogen) atoms. The zero-order valence-electron chi connectivity index (χ0n) is 12.9. The van der Waals surface area contributed by atoms with Gasteiger partial charge in [-0.3, -0.25) is 4.98 Å². The van der Waals surface area contributed by atoms with Crippen molar-refractivity contribution in [1.29, 1.82) is 0 Å². The molecule has 2 N–H and O–H groups in total. The van der Waals surface area contributed by atoms with Crippen molar-refractivity contribution in [3.63, 3.8) is 0 Å². The Labute approximate surface area is 131 Å². The van der Waals surface area contributed by atoms with E-state index in [9.17, 15) is 0 Å². The standard InChI is InChI=1S/C18H22N4/c1-2-19-18(22-16-10-3-4-11-16)21-13-15-8-5-7-14-9-6-12-20-17(14)15/h3-9,12,16H,2,10-11,13H2,1H3,(H2,19,21,22). The predicted molar refractivity (Wildman–Crippen MR) is 91.9 cm³/mol. The highest BCUT2D eigenvalue weighted by Gasteiger charge is 2.11. The molecule has 1 aliphatic rings. The maximum atomic E-state index is 4.72. The van der Waals surface area contributed by atoms with Crippen LogP contribution in [0.15, 0.2) is 53.7 Å². The number of hydrogen-bond donors (Lipinski definition) is 2. The highest BCUT2D eigenvalue weighted by molar-refractivity contribution is 5.83. The van der Waals surface area contributed by atoms with Gasteiger partial charge in [0.15, 0.2) is 5.96 Å². The van der Waals surface area contributed by atoms with E-state index in [0.717, 1.165) is 41.8 Å². The molecule has 0 aliphatic heterocycles. The summed E-state index contributed by atoms with van der Waals surface area (Å²) in [6, 6.07) is 10.8. The van der Waals surface area contributed by atoms with Gasteiger partial charge in [0.05, 0.1) is 12.1 Å². The number of aromatic nitrogens is 1. The van der Waals surface area contributed by atoms with Crippen LogP contribution in [0.5, 0.6) is 0 Å². The topological polar surface area (TPSA) is 49.3 Å². The molecule has 2 aromatic rings. The molecule has 1 aromatic heterocycles. The first-order valence-corrected chi connectivity index (χ1v) is 7.89. The largest absolute Gasteiger partial charge is 0.357 e. The zero-order valence-corrected chi connectivity index (χ0v) is 12.9. The second-order valence-corrected chi connectivity index (χ2v) is 5.47. The molecule has 0 fully saturated rings. The minimum atomic E-state index is 0.462. The Balaban J connectivity index is 1.76. The van der Waals surface area contributed by atoms with Gasteiger partial charge in [-0.1, -0.05) is 36.4 Å². The molecule has 4 nitrogen and oxygen atoms in total. The van der Waals surface area contributed by atoms with Crippen molar-refractivity contribution in [2.75, 3.05) is 6.54 Å². The molecule has 0 atom stereocenters. The van der Waals surface area contributed by atoms with Crippen LogP contribution in [-0.2, 0) is 6.54 Å². The van der Waals surface area contributed by atoms with E-state index in [4.69, 9.17) is 4.99 Å². The van der Waals surface area contributed by atoms with E-state index in [-0.39, 0.29) is 0 Å². The summed E-state index contributed by atoms with van der Waals surface area (Å²) in [4.78, 5) is 9.21. The van der Waals surface area contributed by atoms with Crippen molar-refractivity contribution < 1.29 is 0 Å². The van der Waals surface area contributed by atoms with Gasteiger partial charge in [0.25, 0.3) is 0 Å². The summed E-state index contributed by atoms with van der Waals surface area (Å²) in [5.41, 5.74) is 2.19. The summed E-state index contributed by atoms with van der Waals surface area (Å²) in [6.45, 7) is 3.58. The first kappa shape index (κ1) is 14.6. The monoisotopic (exact) mass is 294 g/mol. The number of nitrogens with one attached hydrogen (secondary N) is 2. The lowest BCUT2D eigenvalue weighted by molar-refractivity contribution is 0.633. The predicted octanol–water partition coefficient (Wildman–Crippen LogP) is 3.01. The number of pyridine rings is 1. The van der Waals surface area contributed by atoms with Crippen LogP contribution < -0.4 is 10.6 Å². The number of guanidine groups is 1. The number of hydrogen-bond acceptors (Lipinski definition) is 2. The lowest BCUT2D eigenvalue weighted by Crippen LogP contribution is -2.42. The number of benzene rings is 1. The lowest BCUT2D eigenvalue weighted by atomic mass is 10.1. The normalized spacial score (nSPS) is 15.4. The molecule has 4 heteroatoms. The molecule has 0 spiro atoms. The molecule has 0 bridgehead atoms. The molecule has 0 saturated carbocycles. The average Bonchev–Trinajstić information content (AvgIpc) is 3.06. The van der Waals surface area contributed by atoms with Gasteiger partial charge >= 0.3 is 0 Å². The van der Waals surface area contributed by atoms with Crippen LogP contribution in [0, 0.1) is 0 Å². The van der Waals surface area contributed by atoms with Crippen LogP contribution in [-0.4, -0.2) is 23.5 Å². The maximum absolute atomic E-state index is 4.72. The van der Waals surface area contributed by atoms with Crippen molar-refractivity contribution in [3.05, 3.63) is 54.2 Å². The van der Waals surface area contributed by atoms with Crippen LogP contribution in [0.2, 0.25) is 0 Å². The number of rotatable bonds is 4. The third-order valence-corrected chi connectivity index (χ3v) is 3.82. The molecule has 3 rings (SSSR count). The Morgan fingerprint density at radius 1 is 1.23 bits per heavy atom. The molecular weight excluding hydrogens is 272 g/mol. The van der Waals surface area contributed by atoms with Crippen LogP contribution >= 0.6 is 0 Å². The van der Waals surface area contributed by atoms with E-state index in [0.29, 0.717) is 12.6 Å². The van der Waals surface area contributed by atoms with Gasteiger partial charge in [0, 0.05) is 24.2 Å². The Morgan fingerprint density at radius 2 is 2.05 bits per heavy atom. The molecule has 0 radical (unpaired) electrons. The number of fused-ring (bicyclic) bond motifs is 1. The van der Waals surface area contributed by atoms with E-state index >= 15 is 0 Å². The number of para-hydroxylation sites is 1. The Hall–Kier alpha value is -2.36. The summed E-state index contributed by atoms with van der Waals surface area (Å²) in [5.74, 6) is 0.879. The van der Waals surface area contributed by atoms with Crippen molar-refractivity contribution in [2.24, 2.45) is 4.99 Å². The van der Waals surface area contributed by atoms with Crippen molar-refractivity contribution in [1.82, 2.24) is 15.6 Å². The van der Waals surface area contributed by atoms with Gasteiger partial charge in [-0.05, 0) is 31.4 Å². The SMILES string of the molecule is CCNC(=NCc1cccc2cccnc12)NC1CC=CC1.